The highest BCUT2D eigenvalue weighted by Crippen LogP contribution is 2.36. The fourth-order valence-corrected chi connectivity index (χ4v) is 5.23. The summed E-state index contributed by atoms with van der Waals surface area (Å²) in [5.74, 6) is -0.548. The van der Waals surface area contributed by atoms with Crippen molar-refractivity contribution < 1.29 is 14.4 Å². The molecule has 2 heterocycles. The van der Waals surface area contributed by atoms with Crippen LogP contribution in [0.1, 0.15) is 24.8 Å². The minimum Gasteiger partial charge on any atom is -0.341 e. The van der Waals surface area contributed by atoms with Crippen LogP contribution in [0.4, 0.5) is 4.79 Å². The van der Waals surface area contributed by atoms with Gasteiger partial charge in [0.2, 0.25) is 5.91 Å². The molecule has 3 amide bonds. The van der Waals surface area contributed by atoms with Crippen molar-refractivity contribution >= 4 is 46.7 Å². The number of piperidine rings is 1. The Hall–Kier alpha value is -2.51. The van der Waals surface area contributed by atoms with Crippen LogP contribution in [-0.2, 0) is 9.59 Å². The number of carbonyl (C=O) groups excluding carboxylic acids is 3. The van der Waals surface area contributed by atoms with Crippen molar-refractivity contribution in [2.45, 2.75) is 29.1 Å². The average Bonchev–Trinajstić information content (AvgIpc) is 3.04. The molecule has 2 aliphatic heterocycles. The van der Waals surface area contributed by atoms with E-state index in [9.17, 15) is 14.4 Å². The zero-order valence-electron chi connectivity index (χ0n) is 16.5. The SMILES string of the molecule is O=C(CN1C(=O)S/C(=C/c2ccccc2Sc2ccccc2)C1=O)N1CCCCC1. The molecule has 7 heteroatoms. The lowest BCUT2D eigenvalue weighted by Crippen LogP contribution is -2.44. The number of imide groups is 1. The first-order valence-electron chi connectivity index (χ1n) is 9.97. The normalized spacial score (nSPS) is 18.3. The standard InChI is InChI=1S/C23H22N2O3S2/c26-21(24-13-7-2-8-14-24)16-25-22(27)20(30-23(25)28)15-17-9-5-6-12-19(17)29-18-10-3-1-4-11-18/h1,3-6,9-12,15H,2,7-8,13-14,16H2/b20-15+. The first-order chi connectivity index (χ1) is 14.6. The third-order valence-electron chi connectivity index (χ3n) is 5.05. The molecule has 154 valence electrons. The topological polar surface area (TPSA) is 57.7 Å². The highest BCUT2D eigenvalue weighted by atomic mass is 32.2. The van der Waals surface area contributed by atoms with Gasteiger partial charge < -0.3 is 4.90 Å². The Labute approximate surface area is 184 Å². The van der Waals surface area contributed by atoms with Crippen molar-refractivity contribution in [2.75, 3.05) is 19.6 Å². The van der Waals surface area contributed by atoms with Crippen molar-refractivity contribution in [2.24, 2.45) is 0 Å². The van der Waals surface area contributed by atoms with E-state index in [1.165, 1.54) is 0 Å². The van der Waals surface area contributed by atoms with E-state index in [1.807, 2.05) is 54.6 Å². The van der Waals surface area contributed by atoms with Crippen LogP contribution in [0.25, 0.3) is 6.08 Å². The van der Waals surface area contributed by atoms with E-state index < -0.39 is 5.91 Å². The van der Waals surface area contributed by atoms with Gasteiger partial charge in [-0.15, -0.1) is 0 Å². The summed E-state index contributed by atoms with van der Waals surface area (Å²) in [5.41, 5.74) is 0.874. The zero-order valence-corrected chi connectivity index (χ0v) is 18.1. The van der Waals surface area contributed by atoms with E-state index in [2.05, 4.69) is 0 Å². The number of thioether (sulfide) groups is 1. The predicted octanol–water partition coefficient (Wildman–Crippen LogP) is 4.89. The highest BCUT2D eigenvalue weighted by molar-refractivity contribution is 8.18. The Bertz CT molecular complexity index is 985. The molecular formula is C23H22N2O3S2. The zero-order chi connectivity index (χ0) is 20.9. The summed E-state index contributed by atoms with van der Waals surface area (Å²) in [6.07, 6.45) is 4.82. The van der Waals surface area contributed by atoms with Gasteiger partial charge in [0.15, 0.2) is 0 Å². The summed E-state index contributed by atoms with van der Waals surface area (Å²) in [6, 6.07) is 17.8. The second-order valence-corrected chi connectivity index (χ2v) is 9.27. The summed E-state index contributed by atoms with van der Waals surface area (Å²) in [4.78, 5) is 43.1. The smallest absolute Gasteiger partial charge is 0.294 e. The van der Waals surface area contributed by atoms with E-state index in [-0.39, 0.29) is 17.7 Å². The molecule has 0 aliphatic carbocycles. The lowest BCUT2D eigenvalue weighted by Gasteiger charge is -2.27. The molecule has 0 aromatic heterocycles. The monoisotopic (exact) mass is 438 g/mol. The van der Waals surface area contributed by atoms with E-state index in [4.69, 9.17) is 0 Å². The molecule has 0 atom stereocenters. The number of hydrogen-bond acceptors (Lipinski definition) is 5. The van der Waals surface area contributed by atoms with E-state index in [0.717, 1.165) is 51.3 Å². The molecule has 0 N–H and O–H groups in total. The van der Waals surface area contributed by atoms with Crippen LogP contribution in [-0.4, -0.2) is 46.5 Å². The summed E-state index contributed by atoms with van der Waals surface area (Å²) in [7, 11) is 0. The van der Waals surface area contributed by atoms with Crippen molar-refractivity contribution in [1.82, 2.24) is 9.80 Å². The first-order valence-corrected chi connectivity index (χ1v) is 11.6. The fraction of sp³-hybridized carbons (Fsp3) is 0.261. The van der Waals surface area contributed by atoms with Crippen LogP contribution >= 0.6 is 23.5 Å². The van der Waals surface area contributed by atoms with E-state index in [1.54, 1.807) is 22.7 Å². The maximum atomic E-state index is 12.8. The molecule has 2 fully saturated rings. The Morgan fingerprint density at radius 2 is 1.67 bits per heavy atom. The summed E-state index contributed by atoms with van der Waals surface area (Å²) in [6.45, 7) is 1.23. The lowest BCUT2D eigenvalue weighted by molar-refractivity contribution is -0.136. The molecule has 0 saturated carbocycles. The predicted molar refractivity (Wildman–Crippen MR) is 120 cm³/mol. The van der Waals surface area contributed by atoms with Gasteiger partial charge in [-0.1, -0.05) is 48.2 Å². The van der Waals surface area contributed by atoms with E-state index in [0.29, 0.717) is 18.0 Å². The summed E-state index contributed by atoms with van der Waals surface area (Å²) < 4.78 is 0. The Kier molecular flexibility index (Phi) is 6.59. The number of rotatable bonds is 5. The summed E-state index contributed by atoms with van der Waals surface area (Å²) in [5, 5.41) is -0.384. The molecule has 5 nitrogen and oxygen atoms in total. The van der Waals surface area contributed by atoms with E-state index >= 15 is 0 Å². The minimum absolute atomic E-state index is 0.154. The molecular weight excluding hydrogens is 416 g/mol. The lowest BCUT2D eigenvalue weighted by atomic mass is 10.1. The number of benzene rings is 2. The maximum absolute atomic E-state index is 12.8. The van der Waals surface area contributed by atoms with Crippen molar-refractivity contribution in [1.29, 1.82) is 0 Å². The number of likely N-dealkylation sites (tertiary alicyclic amines) is 1. The molecule has 0 unspecified atom stereocenters. The average molecular weight is 439 g/mol. The van der Waals surface area contributed by atoms with Gasteiger partial charge >= 0.3 is 0 Å². The van der Waals surface area contributed by atoms with Gasteiger partial charge in [-0.2, -0.15) is 0 Å². The fourth-order valence-electron chi connectivity index (χ4n) is 3.46. The molecule has 2 aliphatic rings. The molecule has 2 aromatic rings. The number of hydrogen-bond donors (Lipinski definition) is 0. The number of carbonyl (C=O) groups is 3. The van der Waals surface area contributed by atoms with Crippen molar-refractivity contribution in [3.63, 3.8) is 0 Å². The molecule has 0 radical (unpaired) electrons. The van der Waals surface area contributed by atoms with Crippen molar-refractivity contribution in [3.8, 4) is 0 Å². The van der Waals surface area contributed by atoms with Gasteiger partial charge in [-0.3, -0.25) is 19.3 Å². The number of amides is 3. The van der Waals surface area contributed by atoms with Crippen LogP contribution in [0.2, 0.25) is 0 Å². The minimum atomic E-state index is -0.394. The molecule has 30 heavy (non-hydrogen) atoms. The third-order valence-corrected chi connectivity index (χ3v) is 7.06. The maximum Gasteiger partial charge on any atom is 0.294 e. The van der Waals surface area contributed by atoms with Crippen LogP contribution < -0.4 is 0 Å². The molecule has 2 saturated heterocycles. The Balaban J connectivity index is 1.50. The van der Waals surface area contributed by atoms with Gasteiger partial charge in [-0.25, -0.2) is 0 Å². The second-order valence-electron chi connectivity index (χ2n) is 7.16. The largest absolute Gasteiger partial charge is 0.341 e. The quantitative estimate of drug-likeness (QED) is 0.623. The first kappa shape index (κ1) is 20.8. The van der Waals surface area contributed by atoms with Gasteiger partial charge in [0, 0.05) is 22.9 Å². The van der Waals surface area contributed by atoms with Crippen LogP contribution in [0.15, 0.2) is 69.3 Å². The summed E-state index contributed by atoms with van der Waals surface area (Å²) >= 11 is 2.50. The van der Waals surface area contributed by atoms with Gasteiger partial charge in [-0.05, 0) is 60.9 Å². The van der Waals surface area contributed by atoms with Crippen LogP contribution in [0.3, 0.4) is 0 Å². The number of nitrogens with zero attached hydrogens (tertiary/aromatic N) is 2. The van der Waals surface area contributed by atoms with Crippen LogP contribution in [0.5, 0.6) is 0 Å². The Morgan fingerprint density at radius 3 is 2.43 bits per heavy atom. The second kappa shape index (κ2) is 9.53. The van der Waals surface area contributed by atoms with Gasteiger partial charge in [0.1, 0.15) is 6.54 Å². The molecule has 4 rings (SSSR count). The van der Waals surface area contributed by atoms with Crippen LogP contribution in [0, 0.1) is 0 Å². The third kappa shape index (κ3) is 4.79. The van der Waals surface area contributed by atoms with Gasteiger partial charge in [0.25, 0.3) is 11.1 Å². The Morgan fingerprint density at radius 1 is 0.967 bits per heavy atom. The van der Waals surface area contributed by atoms with Gasteiger partial charge in [0.05, 0.1) is 4.91 Å². The van der Waals surface area contributed by atoms with Crippen molar-refractivity contribution in [3.05, 3.63) is 65.1 Å². The molecule has 0 bridgehead atoms. The highest BCUT2D eigenvalue weighted by Gasteiger charge is 2.37. The molecule has 2 aromatic carbocycles. The molecule has 0 spiro atoms.